The largest absolute Gasteiger partial charge is 0.322 e. The third-order valence-electron chi connectivity index (χ3n) is 3.72. The molecule has 0 saturated carbocycles. The maximum absolute atomic E-state index is 6.50. The Balaban J connectivity index is 1.93. The quantitative estimate of drug-likeness (QED) is 0.726. The van der Waals surface area contributed by atoms with E-state index < -0.39 is 0 Å². The molecule has 0 spiro atoms. The van der Waals surface area contributed by atoms with Crippen molar-refractivity contribution >= 4 is 6.21 Å². The standard InChI is InChI=1S/C20H19N3/c21-19(16-9-3-1-4-10-16)20(17-11-5-2-6-12-17)23-15-18-13-7-8-14-22-18/h1-15,19-20H,21H2/t19-,20-/m0/s1. The summed E-state index contributed by atoms with van der Waals surface area (Å²) in [5, 5.41) is 0. The van der Waals surface area contributed by atoms with Crippen LogP contribution in [0.25, 0.3) is 0 Å². The Morgan fingerprint density at radius 2 is 1.39 bits per heavy atom. The molecule has 114 valence electrons. The molecule has 0 aliphatic carbocycles. The summed E-state index contributed by atoms with van der Waals surface area (Å²) >= 11 is 0. The van der Waals surface area contributed by atoms with Crippen LogP contribution in [-0.4, -0.2) is 11.2 Å². The van der Waals surface area contributed by atoms with Gasteiger partial charge in [0.25, 0.3) is 0 Å². The summed E-state index contributed by atoms with van der Waals surface area (Å²) in [6.45, 7) is 0. The zero-order valence-electron chi connectivity index (χ0n) is 12.8. The molecule has 3 aromatic rings. The van der Waals surface area contributed by atoms with Crippen molar-refractivity contribution in [2.45, 2.75) is 12.1 Å². The number of nitrogens with two attached hydrogens (primary N) is 1. The van der Waals surface area contributed by atoms with Crippen molar-refractivity contribution in [3.63, 3.8) is 0 Å². The van der Waals surface area contributed by atoms with Crippen molar-refractivity contribution in [3.05, 3.63) is 102 Å². The molecule has 0 fully saturated rings. The Morgan fingerprint density at radius 3 is 2.00 bits per heavy atom. The minimum absolute atomic E-state index is 0.152. The van der Waals surface area contributed by atoms with Gasteiger partial charge in [-0.15, -0.1) is 0 Å². The SMILES string of the molecule is N[C@@H](c1ccccc1)[C@@H](N=Cc1ccccn1)c1ccccc1. The summed E-state index contributed by atoms with van der Waals surface area (Å²) in [6.07, 6.45) is 3.55. The molecule has 2 N–H and O–H groups in total. The van der Waals surface area contributed by atoms with Gasteiger partial charge in [0, 0.05) is 12.4 Å². The van der Waals surface area contributed by atoms with E-state index in [-0.39, 0.29) is 12.1 Å². The zero-order chi connectivity index (χ0) is 15.9. The summed E-state index contributed by atoms with van der Waals surface area (Å²) in [4.78, 5) is 9.01. The Kier molecular flexibility index (Phi) is 4.92. The summed E-state index contributed by atoms with van der Waals surface area (Å²) in [5.74, 6) is 0. The fraction of sp³-hybridized carbons (Fsp3) is 0.100. The van der Waals surface area contributed by atoms with Crippen molar-refractivity contribution in [2.24, 2.45) is 10.7 Å². The van der Waals surface area contributed by atoms with Crippen LogP contribution < -0.4 is 5.73 Å². The average Bonchev–Trinajstić information content (AvgIpc) is 2.64. The van der Waals surface area contributed by atoms with Crippen LogP contribution in [0.3, 0.4) is 0 Å². The highest BCUT2D eigenvalue weighted by atomic mass is 14.9. The van der Waals surface area contributed by atoms with Gasteiger partial charge in [-0.25, -0.2) is 0 Å². The van der Waals surface area contributed by atoms with E-state index >= 15 is 0 Å². The molecule has 2 aromatic carbocycles. The summed E-state index contributed by atoms with van der Waals surface area (Å²) in [6, 6.07) is 25.6. The molecule has 0 saturated heterocycles. The Morgan fingerprint density at radius 1 is 0.783 bits per heavy atom. The van der Waals surface area contributed by atoms with Gasteiger partial charge in [-0.1, -0.05) is 66.7 Å². The number of aliphatic imine (C=N–C) groups is 1. The molecule has 23 heavy (non-hydrogen) atoms. The lowest BCUT2D eigenvalue weighted by Crippen LogP contribution is -2.18. The molecule has 2 atom stereocenters. The predicted molar refractivity (Wildman–Crippen MR) is 94.4 cm³/mol. The lowest BCUT2D eigenvalue weighted by Gasteiger charge is -2.21. The monoisotopic (exact) mass is 301 g/mol. The third-order valence-corrected chi connectivity index (χ3v) is 3.72. The second-order valence-electron chi connectivity index (χ2n) is 5.32. The highest BCUT2D eigenvalue weighted by Crippen LogP contribution is 2.30. The second kappa shape index (κ2) is 7.47. The van der Waals surface area contributed by atoms with Crippen LogP contribution in [0.5, 0.6) is 0 Å². The number of aromatic nitrogens is 1. The molecule has 0 radical (unpaired) electrons. The van der Waals surface area contributed by atoms with Crippen molar-refractivity contribution in [3.8, 4) is 0 Å². The van der Waals surface area contributed by atoms with Crippen LogP contribution in [-0.2, 0) is 0 Å². The van der Waals surface area contributed by atoms with Crippen LogP contribution >= 0.6 is 0 Å². The van der Waals surface area contributed by atoms with E-state index in [2.05, 4.69) is 17.1 Å². The molecular weight excluding hydrogens is 282 g/mol. The number of nitrogens with zero attached hydrogens (tertiary/aromatic N) is 2. The van der Waals surface area contributed by atoms with E-state index in [9.17, 15) is 0 Å². The van der Waals surface area contributed by atoms with Gasteiger partial charge >= 0.3 is 0 Å². The van der Waals surface area contributed by atoms with E-state index in [4.69, 9.17) is 10.7 Å². The first-order valence-corrected chi connectivity index (χ1v) is 7.64. The predicted octanol–water partition coefficient (Wildman–Crippen LogP) is 3.94. The van der Waals surface area contributed by atoms with Gasteiger partial charge in [-0.2, -0.15) is 0 Å². The van der Waals surface area contributed by atoms with Gasteiger partial charge in [0.2, 0.25) is 0 Å². The number of rotatable bonds is 5. The molecule has 3 heteroatoms. The van der Waals surface area contributed by atoms with Crippen LogP contribution in [0.15, 0.2) is 90.1 Å². The normalized spacial score (nSPS) is 13.8. The van der Waals surface area contributed by atoms with Crippen LogP contribution in [0, 0.1) is 0 Å². The highest BCUT2D eigenvalue weighted by molar-refractivity contribution is 5.77. The van der Waals surface area contributed by atoms with Crippen molar-refractivity contribution < 1.29 is 0 Å². The van der Waals surface area contributed by atoms with Crippen LogP contribution in [0.1, 0.15) is 28.9 Å². The van der Waals surface area contributed by atoms with Crippen molar-refractivity contribution in [1.29, 1.82) is 0 Å². The lowest BCUT2D eigenvalue weighted by molar-refractivity contribution is 0.579. The molecule has 0 aliphatic rings. The molecule has 0 amide bonds. The maximum atomic E-state index is 6.50. The molecule has 0 bridgehead atoms. The summed E-state index contributed by atoms with van der Waals surface area (Å²) < 4.78 is 0. The van der Waals surface area contributed by atoms with Gasteiger partial charge < -0.3 is 5.73 Å². The molecular formula is C20H19N3. The van der Waals surface area contributed by atoms with E-state index in [0.717, 1.165) is 16.8 Å². The van der Waals surface area contributed by atoms with Crippen molar-refractivity contribution in [1.82, 2.24) is 4.98 Å². The topological polar surface area (TPSA) is 51.3 Å². The number of pyridine rings is 1. The third kappa shape index (κ3) is 3.90. The maximum Gasteiger partial charge on any atom is 0.0942 e. The van der Waals surface area contributed by atoms with E-state index in [0.29, 0.717) is 0 Å². The van der Waals surface area contributed by atoms with E-state index in [1.165, 1.54) is 0 Å². The molecule has 3 nitrogen and oxygen atoms in total. The van der Waals surface area contributed by atoms with Gasteiger partial charge in [0.1, 0.15) is 0 Å². The second-order valence-corrected chi connectivity index (χ2v) is 5.32. The molecule has 3 rings (SSSR count). The first-order chi connectivity index (χ1) is 11.3. The van der Waals surface area contributed by atoms with Crippen LogP contribution in [0.2, 0.25) is 0 Å². The fourth-order valence-electron chi connectivity index (χ4n) is 2.50. The highest BCUT2D eigenvalue weighted by Gasteiger charge is 2.19. The molecule has 0 unspecified atom stereocenters. The fourth-order valence-corrected chi connectivity index (χ4v) is 2.50. The minimum atomic E-state index is -0.210. The summed E-state index contributed by atoms with van der Waals surface area (Å²) in [5.41, 5.74) is 9.49. The number of hydrogen-bond donors (Lipinski definition) is 1. The lowest BCUT2D eigenvalue weighted by atomic mass is 9.94. The minimum Gasteiger partial charge on any atom is -0.322 e. The van der Waals surface area contributed by atoms with E-state index in [1.54, 1.807) is 12.4 Å². The smallest absolute Gasteiger partial charge is 0.0942 e. The van der Waals surface area contributed by atoms with E-state index in [1.807, 2.05) is 66.7 Å². The van der Waals surface area contributed by atoms with Gasteiger partial charge in [-0.3, -0.25) is 9.98 Å². The van der Waals surface area contributed by atoms with Gasteiger partial charge in [-0.05, 0) is 23.3 Å². The van der Waals surface area contributed by atoms with Crippen molar-refractivity contribution in [2.75, 3.05) is 0 Å². The molecule has 0 aliphatic heterocycles. The first-order valence-electron chi connectivity index (χ1n) is 7.64. The Hall–Kier alpha value is -2.78. The molecule has 1 heterocycles. The zero-order valence-corrected chi connectivity index (χ0v) is 12.8. The number of benzene rings is 2. The average molecular weight is 301 g/mol. The number of hydrogen-bond acceptors (Lipinski definition) is 3. The first kappa shape index (κ1) is 15.1. The summed E-state index contributed by atoms with van der Waals surface area (Å²) in [7, 11) is 0. The van der Waals surface area contributed by atoms with Gasteiger partial charge in [0.15, 0.2) is 0 Å². The Bertz CT molecular complexity index is 740. The Labute approximate surface area is 136 Å². The molecule has 1 aromatic heterocycles. The van der Waals surface area contributed by atoms with Gasteiger partial charge in [0.05, 0.1) is 17.8 Å². The van der Waals surface area contributed by atoms with Crippen LogP contribution in [0.4, 0.5) is 0 Å².